The van der Waals surface area contributed by atoms with Gasteiger partial charge in [0.2, 0.25) is 5.91 Å². The minimum Gasteiger partial charge on any atom is -0.483 e. The zero-order valence-corrected chi connectivity index (χ0v) is 20.0. The Morgan fingerprint density at radius 3 is 2.41 bits per heavy atom. The van der Waals surface area contributed by atoms with Gasteiger partial charge in [0.25, 0.3) is 12.9 Å². The number of aliphatic hydroxyl groups is 1. The van der Waals surface area contributed by atoms with Crippen LogP contribution in [0.5, 0.6) is 0 Å². The van der Waals surface area contributed by atoms with E-state index in [1.54, 1.807) is 6.92 Å². The summed E-state index contributed by atoms with van der Waals surface area (Å²) in [7, 11) is 0. The van der Waals surface area contributed by atoms with Crippen LogP contribution >= 0.6 is 0 Å². The molecule has 34 heavy (non-hydrogen) atoms. The average molecular weight is 478 g/mol. The minimum atomic E-state index is -0.385. The van der Waals surface area contributed by atoms with Crippen molar-refractivity contribution >= 4 is 18.9 Å². The predicted octanol–water partition coefficient (Wildman–Crippen LogP) is 1.82. The lowest BCUT2D eigenvalue weighted by atomic mass is 9.72. The molecule has 2 bridgehead atoms. The zero-order valence-electron chi connectivity index (χ0n) is 20.0. The summed E-state index contributed by atoms with van der Waals surface area (Å²) in [6.07, 6.45) is 5.62. The second kappa shape index (κ2) is 14.7. The van der Waals surface area contributed by atoms with Gasteiger partial charge in [0, 0.05) is 45.2 Å². The lowest BCUT2D eigenvalue weighted by molar-refractivity contribution is -0.123. The number of carbonyl (C=O) groups excluding carboxylic acids is 1. The van der Waals surface area contributed by atoms with Crippen LogP contribution in [0.3, 0.4) is 0 Å². The number of nitrogens with one attached hydrogen (secondary N) is 1. The molecule has 1 amide bonds. The summed E-state index contributed by atoms with van der Waals surface area (Å²) < 4.78 is 0. The van der Waals surface area contributed by atoms with Gasteiger partial charge in [-0.1, -0.05) is 36.8 Å². The second-order valence-corrected chi connectivity index (χ2v) is 9.25. The summed E-state index contributed by atoms with van der Waals surface area (Å²) in [5, 5.41) is 27.4. The van der Waals surface area contributed by atoms with Crippen LogP contribution in [0.4, 0.5) is 0 Å². The molecule has 0 radical (unpaired) electrons. The van der Waals surface area contributed by atoms with E-state index < -0.39 is 0 Å². The number of rotatable bonds is 6. The van der Waals surface area contributed by atoms with Crippen molar-refractivity contribution in [3.63, 3.8) is 0 Å². The van der Waals surface area contributed by atoms with Crippen molar-refractivity contribution in [2.75, 3.05) is 32.7 Å². The molecular formula is C25H39N3O6. The molecule has 0 aliphatic carbocycles. The first-order chi connectivity index (χ1) is 16.4. The van der Waals surface area contributed by atoms with E-state index in [1.807, 2.05) is 30.3 Å². The number of amides is 1. The third kappa shape index (κ3) is 8.07. The third-order valence-corrected chi connectivity index (χ3v) is 7.16. The maximum Gasteiger partial charge on any atom is 0.290 e. The highest BCUT2D eigenvalue weighted by Crippen LogP contribution is 2.41. The Balaban J connectivity index is 0.000000618. The SMILES string of the molecule is CC(=O)NC[C@H]1[C@H]2C[C@H](CN(CC[C@@H](O)c3ccccc3)C2)[C@@H]2CCCCN21.O=CO.O=CO. The maximum absolute atomic E-state index is 11.5. The van der Waals surface area contributed by atoms with Crippen molar-refractivity contribution in [2.45, 2.75) is 57.2 Å². The molecule has 4 N–H and O–H groups in total. The van der Waals surface area contributed by atoms with Crippen LogP contribution < -0.4 is 5.32 Å². The van der Waals surface area contributed by atoms with E-state index in [1.165, 1.54) is 32.2 Å². The van der Waals surface area contributed by atoms with Crippen molar-refractivity contribution in [1.29, 1.82) is 0 Å². The summed E-state index contributed by atoms with van der Waals surface area (Å²) in [4.78, 5) is 33.6. The molecule has 9 nitrogen and oxygen atoms in total. The average Bonchev–Trinajstić information content (AvgIpc) is 2.84. The van der Waals surface area contributed by atoms with Crippen LogP contribution in [0.25, 0.3) is 0 Å². The smallest absolute Gasteiger partial charge is 0.290 e. The van der Waals surface area contributed by atoms with Gasteiger partial charge in [-0.2, -0.15) is 0 Å². The lowest BCUT2D eigenvalue weighted by Gasteiger charge is -2.57. The van der Waals surface area contributed by atoms with Crippen molar-refractivity contribution in [2.24, 2.45) is 11.8 Å². The summed E-state index contributed by atoms with van der Waals surface area (Å²) in [5.74, 6) is 1.43. The van der Waals surface area contributed by atoms with Gasteiger partial charge in [0.15, 0.2) is 0 Å². The molecule has 1 aromatic rings. The van der Waals surface area contributed by atoms with Gasteiger partial charge >= 0.3 is 0 Å². The van der Waals surface area contributed by atoms with E-state index in [0.717, 1.165) is 44.1 Å². The van der Waals surface area contributed by atoms with Crippen molar-refractivity contribution in [3.05, 3.63) is 35.9 Å². The molecule has 0 saturated carbocycles. The Labute approximate surface area is 201 Å². The lowest BCUT2D eigenvalue weighted by Crippen LogP contribution is -2.65. The molecule has 0 spiro atoms. The van der Waals surface area contributed by atoms with Crippen molar-refractivity contribution in [1.82, 2.24) is 15.1 Å². The number of piperidine rings is 3. The van der Waals surface area contributed by atoms with Crippen molar-refractivity contribution in [3.8, 4) is 0 Å². The number of nitrogens with zero attached hydrogens (tertiary/aromatic N) is 2. The fourth-order valence-electron chi connectivity index (χ4n) is 5.86. The number of likely N-dealkylation sites (tertiary alicyclic amines) is 1. The Morgan fingerprint density at radius 1 is 1.12 bits per heavy atom. The fourth-order valence-corrected chi connectivity index (χ4v) is 5.86. The molecule has 9 heteroatoms. The van der Waals surface area contributed by atoms with Crippen molar-refractivity contribution < 1.29 is 29.7 Å². The van der Waals surface area contributed by atoms with E-state index in [4.69, 9.17) is 19.8 Å². The number of carbonyl (C=O) groups is 3. The molecule has 0 aromatic heterocycles. The van der Waals surface area contributed by atoms with E-state index in [0.29, 0.717) is 18.0 Å². The number of aliphatic hydroxyl groups excluding tert-OH is 1. The predicted molar refractivity (Wildman–Crippen MR) is 128 cm³/mol. The number of benzene rings is 1. The Hall–Kier alpha value is -2.49. The van der Waals surface area contributed by atoms with E-state index in [2.05, 4.69) is 15.1 Å². The maximum atomic E-state index is 11.5. The molecule has 0 unspecified atom stereocenters. The standard InChI is InChI=1S/C23H35N3O2.2CH2O2/c1-17(27)24-14-22-20-13-19(21-9-5-6-11-26(21)22)15-25(16-20)12-10-23(28)18-7-3-2-4-8-18;2*2-1-3/h2-4,7-8,19-23,28H,5-6,9-16H2,1H3,(H,24,27);2*1H,(H,2,3)/t19-,20+,21+,22+,23-;;/m1../s1. The number of hydrogen-bond acceptors (Lipinski definition) is 6. The monoisotopic (exact) mass is 477 g/mol. The van der Waals surface area contributed by atoms with E-state index >= 15 is 0 Å². The highest BCUT2D eigenvalue weighted by molar-refractivity contribution is 5.72. The molecule has 190 valence electrons. The van der Waals surface area contributed by atoms with Crippen LogP contribution in [0.15, 0.2) is 30.3 Å². The van der Waals surface area contributed by atoms with Crippen LogP contribution in [-0.2, 0) is 14.4 Å². The quantitative estimate of drug-likeness (QED) is 0.457. The first-order valence-corrected chi connectivity index (χ1v) is 12.1. The summed E-state index contributed by atoms with van der Waals surface area (Å²) >= 11 is 0. The van der Waals surface area contributed by atoms with Gasteiger partial charge in [-0.25, -0.2) is 0 Å². The normalized spacial score (nSPS) is 26.9. The minimum absolute atomic E-state index is 0.0781. The summed E-state index contributed by atoms with van der Waals surface area (Å²) in [5.41, 5.74) is 1.02. The molecule has 3 fully saturated rings. The van der Waals surface area contributed by atoms with E-state index in [9.17, 15) is 9.90 Å². The fraction of sp³-hybridized carbons (Fsp3) is 0.640. The van der Waals surface area contributed by atoms with Gasteiger partial charge in [0.1, 0.15) is 0 Å². The van der Waals surface area contributed by atoms with Crippen LogP contribution in [0.2, 0.25) is 0 Å². The van der Waals surface area contributed by atoms with Crippen LogP contribution in [-0.4, -0.2) is 88.8 Å². The topological polar surface area (TPSA) is 130 Å². The summed E-state index contributed by atoms with van der Waals surface area (Å²) in [6.45, 7) is 6.29. The highest BCUT2D eigenvalue weighted by Gasteiger charge is 2.46. The number of fused-ring (bicyclic) bond motifs is 4. The molecule has 4 rings (SSSR count). The van der Waals surface area contributed by atoms with Crippen LogP contribution in [0, 0.1) is 11.8 Å². The highest BCUT2D eigenvalue weighted by atomic mass is 16.3. The Kier molecular flexibility index (Phi) is 12.0. The Morgan fingerprint density at radius 2 is 1.76 bits per heavy atom. The van der Waals surface area contributed by atoms with E-state index in [-0.39, 0.29) is 25.0 Å². The molecule has 3 heterocycles. The zero-order chi connectivity index (χ0) is 24.9. The molecule has 3 saturated heterocycles. The molecule has 5 atom stereocenters. The van der Waals surface area contributed by atoms with Gasteiger partial charge in [-0.15, -0.1) is 0 Å². The van der Waals surface area contributed by atoms with Gasteiger partial charge in [-0.3, -0.25) is 19.3 Å². The van der Waals surface area contributed by atoms with Gasteiger partial charge in [-0.05, 0) is 49.6 Å². The van der Waals surface area contributed by atoms with Gasteiger partial charge in [0.05, 0.1) is 6.10 Å². The molecule has 3 aliphatic heterocycles. The second-order valence-electron chi connectivity index (χ2n) is 9.25. The first-order valence-electron chi connectivity index (χ1n) is 12.1. The molecule has 3 aliphatic rings. The third-order valence-electron chi connectivity index (χ3n) is 7.16. The largest absolute Gasteiger partial charge is 0.483 e. The van der Waals surface area contributed by atoms with Crippen LogP contribution in [0.1, 0.15) is 50.7 Å². The number of hydrogen-bond donors (Lipinski definition) is 4. The first kappa shape index (κ1) is 27.8. The van der Waals surface area contributed by atoms with Gasteiger partial charge < -0.3 is 25.5 Å². The Bertz CT molecular complexity index is 743. The number of carboxylic acid groups (broad SMARTS) is 2. The summed E-state index contributed by atoms with van der Waals surface area (Å²) in [6, 6.07) is 11.1. The molecule has 1 aromatic carbocycles. The molecular weight excluding hydrogens is 438 g/mol.